The van der Waals surface area contributed by atoms with Gasteiger partial charge in [0.2, 0.25) is 5.91 Å². The minimum Gasteiger partial charge on any atom is -0.326 e. The first-order valence-electron chi connectivity index (χ1n) is 8.18. The third kappa shape index (κ3) is 3.75. The lowest BCUT2D eigenvalue weighted by molar-refractivity contribution is -0.136. The summed E-state index contributed by atoms with van der Waals surface area (Å²) in [6.45, 7) is 2.48. The summed E-state index contributed by atoms with van der Waals surface area (Å²) >= 11 is 0. The lowest BCUT2D eigenvalue weighted by Gasteiger charge is -2.40. The Morgan fingerprint density at radius 1 is 1.24 bits per heavy atom. The molecule has 2 aliphatic rings. The number of piperidine rings is 1. The zero-order valence-electron chi connectivity index (χ0n) is 13.4. The van der Waals surface area contributed by atoms with Crippen molar-refractivity contribution >= 4 is 5.91 Å². The number of nitriles is 1. The van der Waals surface area contributed by atoms with Gasteiger partial charge in [0, 0.05) is 13.1 Å². The van der Waals surface area contributed by atoms with E-state index >= 15 is 0 Å². The lowest BCUT2D eigenvalue weighted by Crippen LogP contribution is -2.53. The fraction of sp³-hybridized carbons (Fsp3) is 0.875. The van der Waals surface area contributed by atoms with Gasteiger partial charge in [0.25, 0.3) is 0 Å². The van der Waals surface area contributed by atoms with Crippen LogP contribution in [0.3, 0.4) is 0 Å². The molecule has 5 nitrogen and oxygen atoms in total. The molecule has 0 radical (unpaired) electrons. The first-order chi connectivity index (χ1) is 10.1. The molecule has 0 aromatic rings. The van der Waals surface area contributed by atoms with Crippen LogP contribution >= 0.6 is 0 Å². The van der Waals surface area contributed by atoms with Gasteiger partial charge in [-0.25, -0.2) is 0 Å². The van der Waals surface area contributed by atoms with Crippen molar-refractivity contribution in [3.8, 4) is 6.07 Å². The standard InChI is InChI=1S/C16H28N4O/c1-19(14-6-10-18-11-7-14)12-15(21)20(2)16(13-17)8-4-3-5-9-16/h14,18H,3-12H2,1-2H3. The van der Waals surface area contributed by atoms with E-state index in [4.69, 9.17) is 0 Å². The van der Waals surface area contributed by atoms with Crippen molar-refractivity contribution in [2.24, 2.45) is 0 Å². The molecule has 1 aliphatic carbocycles. The van der Waals surface area contributed by atoms with Crippen LogP contribution in [0.1, 0.15) is 44.9 Å². The molecule has 0 aromatic carbocycles. The molecule has 1 saturated heterocycles. The molecule has 0 atom stereocenters. The molecule has 5 heteroatoms. The highest BCUT2D eigenvalue weighted by molar-refractivity contribution is 5.79. The molecular formula is C16H28N4O. The predicted molar refractivity (Wildman–Crippen MR) is 82.7 cm³/mol. The van der Waals surface area contributed by atoms with Gasteiger partial charge in [-0.15, -0.1) is 0 Å². The Hall–Kier alpha value is -1.12. The van der Waals surface area contributed by atoms with Gasteiger partial charge in [-0.1, -0.05) is 19.3 Å². The van der Waals surface area contributed by atoms with Gasteiger partial charge in [-0.2, -0.15) is 5.26 Å². The second-order valence-electron chi connectivity index (χ2n) is 6.55. The molecule has 2 rings (SSSR count). The van der Waals surface area contributed by atoms with Crippen LogP contribution in [0.15, 0.2) is 0 Å². The van der Waals surface area contributed by atoms with Crippen molar-refractivity contribution in [2.45, 2.75) is 56.5 Å². The molecule has 0 aromatic heterocycles. The van der Waals surface area contributed by atoms with Crippen molar-refractivity contribution in [3.63, 3.8) is 0 Å². The quantitative estimate of drug-likeness (QED) is 0.850. The summed E-state index contributed by atoms with van der Waals surface area (Å²) in [6.07, 6.45) is 7.12. The van der Waals surface area contributed by atoms with Crippen LogP contribution in [-0.2, 0) is 4.79 Å². The SMILES string of the molecule is CN(CC(=O)N(C)C1(C#N)CCCCC1)C1CCNCC1. The van der Waals surface area contributed by atoms with Gasteiger partial charge >= 0.3 is 0 Å². The summed E-state index contributed by atoms with van der Waals surface area (Å²) in [7, 11) is 3.84. The molecule has 2 fully saturated rings. The maximum Gasteiger partial charge on any atom is 0.237 e. The highest BCUT2D eigenvalue weighted by Gasteiger charge is 2.39. The molecular weight excluding hydrogens is 264 g/mol. The van der Waals surface area contributed by atoms with E-state index in [1.807, 2.05) is 14.1 Å². The third-order valence-electron chi connectivity index (χ3n) is 5.22. The fourth-order valence-electron chi connectivity index (χ4n) is 3.59. The topological polar surface area (TPSA) is 59.4 Å². The van der Waals surface area contributed by atoms with Crippen LogP contribution in [0.2, 0.25) is 0 Å². The van der Waals surface area contributed by atoms with Crippen LogP contribution in [-0.4, -0.2) is 61.0 Å². The van der Waals surface area contributed by atoms with E-state index in [2.05, 4.69) is 16.3 Å². The van der Waals surface area contributed by atoms with E-state index in [1.165, 1.54) is 6.42 Å². The van der Waals surface area contributed by atoms with Gasteiger partial charge in [0.05, 0.1) is 12.6 Å². The Morgan fingerprint density at radius 2 is 1.86 bits per heavy atom. The van der Waals surface area contributed by atoms with Gasteiger partial charge in [-0.05, 0) is 45.8 Å². The molecule has 1 heterocycles. The van der Waals surface area contributed by atoms with Gasteiger partial charge in [-0.3, -0.25) is 9.69 Å². The second kappa shape index (κ2) is 7.24. The smallest absolute Gasteiger partial charge is 0.237 e. The predicted octanol–water partition coefficient (Wildman–Crippen LogP) is 1.36. The average molecular weight is 292 g/mol. The molecule has 0 bridgehead atoms. The van der Waals surface area contributed by atoms with Crippen molar-refractivity contribution in [3.05, 3.63) is 0 Å². The Labute approximate surface area is 128 Å². The molecule has 1 amide bonds. The Bertz CT molecular complexity index is 392. The van der Waals surface area contributed by atoms with E-state index in [0.717, 1.165) is 51.6 Å². The first kappa shape index (κ1) is 16.3. The summed E-state index contributed by atoms with van der Waals surface area (Å²) < 4.78 is 0. The summed E-state index contributed by atoms with van der Waals surface area (Å²) in [4.78, 5) is 16.5. The van der Waals surface area contributed by atoms with Gasteiger partial charge in [0.1, 0.15) is 5.54 Å². The van der Waals surface area contributed by atoms with Crippen LogP contribution in [0, 0.1) is 11.3 Å². The summed E-state index contributed by atoms with van der Waals surface area (Å²) in [5.74, 6) is 0.0829. The molecule has 0 spiro atoms. The van der Waals surface area contributed by atoms with Crippen LogP contribution in [0.4, 0.5) is 0 Å². The number of rotatable bonds is 4. The molecule has 21 heavy (non-hydrogen) atoms. The largest absolute Gasteiger partial charge is 0.326 e. The van der Waals surface area contributed by atoms with Crippen molar-refractivity contribution in [1.82, 2.24) is 15.1 Å². The highest BCUT2D eigenvalue weighted by Crippen LogP contribution is 2.32. The molecule has 0 unspecified atom stereocenters. The highest BCUT2D eigenvalue weighted by atomic mass is 16.2. The minimum absolute atomic E-state index is 0.0829. The van der Waals surface area contributed by atoms with Gasteiger partial charge < -0.3 is 10.2 Å². The molecule has 118 valence electrons. The van der Waals surface area contributed by atoms with E-state index in [0.29, 0.717) is 12.6 Å². The minimum atomic E-state index is -0.565. The van der Waals surface area contributed by atoms with Crippen molar-refractivity contribution in [1.29, 1.82) is 5.26 Å². The number of hydrogen-bond acceptors (Lipinski definition) is 4. The molecule has 1 aliphatic heterocycles. The maximum absolute atomic E-state index is 12.6. The maximum atomic E-state index is 12.6. The van der Waals surface area contributed by atoms with E-state index in [9.17, 15) is 10.1 Å². The number of hydrogen-bond donors (Lipinski definition) is 1. The lowest BCUT2D eigenvalue weighted by atomic mass is 9.81. The number of amides is 1. The second-order valence-corrected chi connectivity index (χ2v) is 6.55. The zero-order valence-corrected chi connectivity index (χ0v) is 13.4. The van der Waals surface area contributed by atoms with Crippen LogP contribution < -0.4 is 5.32 Å². The monoisotopic (exact) mass is 292 g/mol. The zero-order chi connectivity index (χ0) is 15.3. The van der Waals surface area contributed by atoms with Crippen LogP contribution in [0.5, 0.6) is 0 Å². The average Bonchev–Trinajstić information content (AvgIpc) is 2.55. The van der Waals surface area contributed by atoms with E-state index in [-0.39, 0.29) is 5.91 Å². The number of likely N-dealkylation sites (N-methyl/N-ethyl adjacent to an activating group) is 2. The van der Waals surface area contributed by atoms with E-state index < -0.39 is 5.54 Å². The number of carbonyl (C=O) groups is 1. The normalized spacial score (nSPS) is 22.8. The molecule has 1 saturated carbocycles. The Balaban J connectivity index is 1.93. The number of nitrogens with one attached hydrogen (secondary N) is 1. The van der Waals surface area contributed by atoms with Crippen molar-refractivity contribution in [2.75, 3.05) is 33.7 Å². The Morgan fingerprint density at radius 3 is 2.43 bits per heavy atom. The summed E-state index contributed by atoms with van der Waals surface area (Å²) in [5.41, 5.74) is -0.565. The van der Waals surface area contributed by atoms with E-state index in [1.54, 1.807) is 4.90 Å². The number of carbonyl (C=O) groups excluding carboxylic acids is 1. The number of nitrogens with zero attached hydrogens (tertiary/aromatic N) is 3. The summed E-state index contributed by atoms with van der Waals surface area (Å²) in [5, 5.41) is 12.9. The third-order valence-corrected chi connectivity index (χ3v) is 5.22. The Kier molecular flexibility index (Phi) is 5.60. The van der Waals surface area contributed by atoms with Crippen molar-refractivity contribution < 1.29 is 4.79 Å². The molecule has 1 N–H and O–H groups in total. The summed E-state index contributed by atoms with van der Waals surface area (Å²) in [6, 6.07) is 2.91. The van der Waals surface area contributed by atoms with Gasteiger partial charge in [0.15, 0.2) is 0 Å². The first-order valence-corrected chi connectivity index (χ1v) is 8.18. The van der Waals surface area contributed by atoms with Crippen LogP contribution in [0.25, 0.3) is 0 Å². The fourth-order valence-corrected chi connectivity index (χ4v) is 3.59.